The fraction of sp³-hybridized carbons (Fsp3) is 0.433. The zero-order valence-corrected chi connectivity index (χ0v) is 24.6. The Balaban J connectivity index is 0.00000237. The molecule has 4 rings (SSSR count). The minimum absolute atomic E-state index is 0.274. The number of aliphatic hydroxyl groups excluding tert-OH is 1. The molecule has 3 heterocycles. The minimum Gasteiger partial charge on any atom is -0.480 e. The highest BCUT2D eigenvalue weighted by molar-refractivity contribution is 6.06. The number of methoxy groups -OCH3 is 1. The molecule has 1 unspecified atom stereocenters. The lowest BCUT2D eigenvalue weighted by Gasteiger charge is -2.35. The number of allylic oxidation sites excluding steroid dienone is 1. The van der Waals surface area contributed by atoms with Gasteiger partial charge in [0.25, 0.3) is 6.57 Å². The third-order valence-electron chi connectivity index (χ3n) is 6.54. The average Bonchev–Trinajstić information content (AvgIpc) is 2.99. The number of piperazine rings is 1. The molecule has 0 aliphatic carbocycles. The number of aromatic nitrogens is 2. The van der Waals surface area contributed by atoms with Crippen molar-refractivity contribution in [1.82, 2.24) is 19.8 Å². The Hall–Kier alpha value is -4.05. The second-order valence-corrected chi connectivity index (χ2v) is 9.99. The number of hydrogen-bond donors (Lipinski definition) is 2. The van der Waals surface area contributed by atoms with E-state index in [4.69, 9.17) is 16.3 Å². The Kier molecular flexibility index (Phi) is 11.4. The van der Waals surface area contributed by atoms with E-state index in [2.05, 4.69) is 24.7 Å². The van der Waals surface area contributed by atoms with Crippen molar-refractivity contribution in [3.05, 3.63) is 75.9 Å². The average molecular weight is 583 g/mol. The third kappa shape index (κ3) is 8.25. The minimum atomic E-state index is -1.40. The van der Waals surface area contributed by atoms with Crippen molar-refractivity contribution in [1.29, 1.82) is 0 Å². The van der Waals surface area contributed by atoms with E-state index in [1.165, 1.54) is 45.5 Å². The molecule has 224 valence electrons. The normalized spacial score (nSPS) is 18.0. The van der Waals surface area contributed by atoms with Crippen LogP contribution in [0.25, 0.3) is 10.5 Å². The van der Waals surface area contributed by atoms with Crippen molar-refractivity contribution in [2.24, 2.45) is 9.98 Å². The number of aliphatic imine (C=N–C) groups is 2. The quantitative estimate of drug-likeness (QED) is 0.482. The van der Waals surface area contributed by atoms with Gasteiger partial charge in [-0.25, -0.2) is 18.8 Å². The highest BCUT2D eigenvalue weighted by Crippen LogP contribution is 2.27. The molecule has 2 N–H and O–H groups in total. The monoisotopic (exact) mass is 582 g/mol. The molecule has 1 aromatic heterocycles. The van der Waals surface area contributed by atoms with Crippen molar-refractivity contribution in [2.45, 2.75) is 52.4 Å². The molecule has 1 saturated heterocycles. The summed E-state index contributed by atoms with van der Waals surface area (Å²) >= 11 is 0. The van der Waals surface area contributed by atoms with E-state index >= 15 is 0 Å². The van der Waals surface area contributed by atoms with Crippen LogP contribution in [-0.4, -0.2) is 86.9 Å². The SMILES string of the molecule is C#[N+]/C(=C(\N=C1\C=C(C(O)C(C)(C)O)N=CC1)N1CCN(Cc2ccc(F)cc2F)CC1)c1cncc(OC)n1.CC. The van der Waals surface area contributed by atoms with Gasteiger partial charge in [-0.1, -0.05) is 19.9 Å². The maximum absolute atomic E-state index is 14.2. The summed E-state index contributed by atoms with van der Waals surface area (Å²) in [5.41, 5.74) is 0.476. The fourth-order valence-corrected chi connectivity index (χ4v) is 4.32. The number of hydrogen-bond acceptors (Lipinski definition) is 9. The number of halogens is 2. The molecular weight excluding hydrogens is 544 g/mol. The maximum atomic E-state index is 14.2. The second-order valence-electron chi connectivity index (χ2n) is 9.99. The van der Waals surface area contributed by atoms with Crippen LogP contribution in [-0.2, 0) is 6.54 Å². The van der Waals surface area contributed by atoms with Gasteiger partial charge in [0, 0.05) is 57.0 Å². The Morgan fingerprint density at radius 2 is 1.90 bits per heavy atom. The summed E-state index contributed by atoms with van der Waals surface area (Å²) in [7, 11) is 1.47. The van der Waals surface area contributed by atoms with E-state index in [1.807, 2.05) is 18.7 Å². The molecule has 0 bridgehead atoms. The van der Waals surface area contributed by atoms with E-state index in [-0.39, 0.29) is 17.3 Å². The van der Waals surface area contributed by atoms with Crippen LogP contribution in [0.1, 0.15) is 45.4 Å². The summed E-state index contributed by atoms with van der Waals surface area (Å²) in [6, 6.07) is 3.59. The molecular formula is C30H38F2N7O3+. The Morgan fingerprint density at radius 1 is 1.19 bits per heavy atom. The summed E-state index contributed by atoms with van der Waals surface area (Å²) < 4.78 is 32.8. The van der Waals surface area contributed by atoms with E-state index < -0.39 is 23.3 Å². The highest BCUT2D eigenvalue weighted by atomic mass is 19.1. The smallest absolute Gasteiger partial charge is 0.408 e. The molecule has 2 aliphatic heterocycles. The molecule has 12 heteroatoms. The first-order valence-electron chi connectivity index (χ1n) is 13.7. The predicted molar refractivity (Wildman–Crippen MR) is 159 cm³/mol. The number of nitrogens with zero attached hydrogens (tertiary/aromatic N) is 7. The molecule has 2 aromatic rings. The van der Waals surface area contributed by atoms with Crippen molar-refractivity contribution in [3.63, 3.8) is 0 Å². The van der Waals surface area contributed by atoms with Crippen LogP contribution in [0.15, 0.2) is 58.2 Å². The highest BCUT2D eigenvalue weighted by Gasteiger charge is 2.31. The zero-order valence-electron chi connectivity index (χ0n) is 24.6. The number of benzene rings is 1. The van der Waals surface area contributed by atoms with Crippen molar-refractivity contribution < 1.29 is 23.7 Å². The fourth-order valence-electron chi connectivity index (χ4n) is 4.32. The van der Waals surface area contributed by atoms with Crippen LogP contribution in [0.5, 0.6) is 5.88 Å². The Labute approximate surface area is 245 Å². The first kappa shape index (κ1) is 32.5. The molecule has 0 saturated carbocycles. The lowest BCUT2D eigenvalue weighted by Crippen LogP contribution is -2.45. The third-order valence-corrected chi connectivity index (χ3v) is 6.54. The van der Waals surface area contributed by atoms with Crippen LogP contribution >= 0.6 is 0 Å². The largest absolute Gasteiger partial charge is 0.480 e. The van der Waals surface area contributed by atoms with Gasteiger partial charge in [0.1, 0.15) is 17.7 Å². The van der Waals surface area contributed by atoms with E-state index in [9.17, 15) is 19.0 Å². The first-order valence-corrected chi connectivity index (χ1v) is 13.7. The molecule has 42 heavy (non-hydrogen) atoms. The van der Waals surface area contributed by atoms with Crippen molar-refractivity contribution in [2.75, 3.05) is 33.3 Å². The molecule has 0 radical (unpaired) electrons. The summed E-state index contributed by atoms with van der Waals surface area (Å²) in [6.07, 6.45) is 5.35. The van der Waals surface area contributed by atoms with Gasteiger partial charge in [-0.3, -0.25) is 14.9 Å². The van der Waals surface area contributed by atoms with Crippen LogP contribution < -0.4 is 4.74 Å². The second kappa shape index (κ2) is 14.7. The van der Waals surface area contributed by atoms with Gasteiger partial charge in [-0.05, 0) is 30.8 Å². The molecule has 0 spiro atoms. The first-order chi connectivity index (χ1) is 20.1. The molecule has 0 amide bonds. The van der Waals surface area contributed by atoms with Crippen LogP contribution in [0, 0.1) is 18.2 Å². The van der Waals surface area contributed by atoms with Crippen molar-refractivity contribution in [3.8, 4) is 12.5 Å². The van der Waals surface area contributed by atoms with E-state index in [0.717, 1.165) is 6.07 Å². The van der Waals surface area contributed by atoms with Gasteiger partial charge in [0.2, 0.25) is 11.7 Å². The Bertz CT molecular complexity index is 1400. The van der Waals surface area contributed by atoms with Gasteiger partial charge >= 0.3 is 5.70 Å². The molecule has 1 aromatic carbocycles. The topological polar surface area (TPSA) is 111 Å². The number of rotatable bonds is 8. The number of ether oxygens (including phenoxy) is 1. The summed E-state index contributed by atoms with van der Waals surface area (Å²) in [6.45, 7) is 15.3. The van der Waals surface area contributed by atoms with Crippen LogP contribution in [0.3, 0.4) is 0 Å². The van der Waals surface area contributed by atoms with Gasteiger partial charge in [0.15, 0.2) is 5.69 Å². The van der Waals surface area contributed by atoms with Gasteiger partial charge in [-0.2, -0.15) is 0 Å². The maximum Gasteiger partial charge on any atom is 0.408 e. The summed E-state index contributed by atoms with van der Waals surface area (Å²) in [5, 5.41) is 20.8. The molecule has 1 atom stereocenters. The molecule has 1 fully saturated rings. The summed E-state index contributed by atoms with van der Waals surface area (Å²) in [5.74, 6) is -0.489. The lowest BCUT2D eigenvalue weighted by atomic mass is 9.97. The lowest BCUT2D eigenvalue weighted by molar-refractivity contribution is -0.0287. The molecule has 10 nitrogen and oxygen atoms in total. The van der Waals surface area contributed by atoms with Gasteiger partial charge in [-0.15, -0.1) is 0 Å². The van der Waals surface area contributed by atoms with Gasteiger partial charge < -0.3 is 19.8 Å². The van der Waals surface area contributed by atoms with Crippen LogP contribution in [0.2, 0.25) is 0 Å². The van der Waals surface area contributed by atoms with Crippen molar-refractivity contribution >= 4 is 17.6 Å². The predicted octanol–water partition coefficient (Wildman–Crippen LogP) is 4.13. The van der Waals surface area contributed by atoms with E-state index in [1.54, 1.807) is 12.3 Å². The molecule has 2 aliphatic rings. The van der Waals surface area contributed by atoms with E-state index in [0.29, 0.717) is 61.9 Å². The van der Waals surface area contributed by atoms with Crippen LogP contribution in [0.4, 0.5) is 8.78 Å². The standard InChI is InChI=1S/C28H32F2N7O3.C2H6/c1-28(2,39)26(38)22-14-20(7-8-33-22)34-27(25(31-3)23-15-32-16-24(35-23)40-4)37-11-9-36(10-12-37)17-18-5-6-19(29)13-21(18)30;1-2/h3,5-6,8,13-16,26,38-39H,7,9-12,17H2,1-2,4H3;1-2H3/q+1;/b27-25+,34-20+;. The zero-order chi connectivity index (χ0) is 30.9. The summed E-state index contributed by atoms with van der Waals surface area (Å²) in [4.78, 5) is 25.8. The Morgan fingerprint density at radius 3 is 2.52 bits per heavy atom. The van der Waals surface area contributed by atoms with Gasteiger partial charge in [0.05, 0.1) is 36.5 Å². The number of aliphatic hydroxyl groups is 2.